The number of nitrogens with one attached hydrogen (secondary N) is 2. The summed E-state index contributed by atoms with van der Waals surface area (Å²) in [6.07, 6.45) is -0.410. The minimum Gasteiger partial charge on any atom is -0.480 e. The molecule has 1 aliphatic heterocycles. The summed E-state index contributed by atoms with van der Waals surface area (Å²) in [6, 6.07) is 1.97. The number of carbonyl (C=O) groups is 4. The van der Waals surface area contributed by atoms with E-state index < -0.39 is 54.2 Å². The van der Waals surface area contributed by atoms with Gasteiger partial charge >= 0.3 is 5.97 Å². The van der Waals surface area contributed by atoms with Crippen molar-refractivity contribution in [3.8, 4) is 0 Å². The van der Waals surface area contributed by atoms with Gasteiger partial charge < -0.3 is 25.4 Å². The highest BCUT2D eigenvalue weighted by atomic mass is 19.2. The van der Waals surface area contributed by atoms with Gasteiger partial charge in [-0.25, -0.2) is 8.78 Å². The van der Waals surface area contributed by atoms with E-state index in [-0.39, 0.29) is 30.9 Å². The first kappa shape index (κ1) is 24.2. The minimum atomic E-state index is -1.24. The molecule has 3 atom stereocenters. The molecule has 11 heteroatoms. The number of methoxy groups -OCH3 is 1. The molecule has 31 heavy (non-hydrogen) atoms. The zero-order valence-corrected chi connectivity index (χ0v) is 17.2. The minimum absolute atomic E-state index is 0.000381. The number of rotatable bonds is 10. The molecule has 2 rings (SSSR count). The van der Waals surface area contributed by atoms with Crippen LogP contribution in [0.25, 0.3) is 0 Å². The molecule has 3 amide bonds. The molecule has 1 saturated heterocycles. The van der Waals surface area contributed by atoms with Gasteiger partial charge in [-0.3, -0.25) is 19.2 Å². The molecule has 0 spiro atoms. The maximum Gasteiger partial charge on any atom is 0.322 e. The highest BCUT2D eigenvalue weighted by molar-refractivity contribution is 5.90. The third kappa shape index (κ3) is 6.45. The van der Waals surface area contributed by atoms with E-state index in [9.17, 15) is 28.0 Å². The van der Waals surface area contributed by atoms with Crippen molar-refractivity contribution in [1.29, 1.82) is 0 Å². The Kier molecular flexibility index (Phi) is 8.43. The second-order valence-electron chi connectivity index (χ2n) is 7.23. The summed E-state index contributed by atoms with van der Waals surface area (Å²) in [5, 5.41) is 13.4. The van der Waals surface area contributed by atoms with Crippen LogP contribution >= 0.6 is 0 Å². The van der Waals surface area contributed by atoms with Crippen LogP contribution in [0.4, 0.5) is 8.78 Å². The lowest BCUT2D eigenvalue weighted by Gasteiger charge is -2.27. The van der Waals surface area contributed by atoms with Crippen LogP contribution in [0.3, 0.4) is 0 Å². The molecule has 3 N–H and O–H groups in total. The lowest BCUT2D eigenvalue weighted by molar-refractivity contribution is -0.139. The van der Waals surface area contributed by atoms with E-state index in [2.05, 4.69) is 10.6 Å². The molecule has 1 aromatic carbocycles. The van der Waals surface area contributed by atoms with E-state index in [1.165, 1.54) is 31.1 Å². The van der Waals surface area contributed by atoms with E-state index in [0.29, 0.717) is 6.42 Å². The number of hydrogen-bond donors (Lipinski definition) is 3. The van der Waals surface area contributed by atoms with Crippen LogP contribution in [0.2, 0.25) is 0 Å². The molecule has 1 aromatic rings. The largest absolute Gasteiger partial charge is 0.480 e. The first-order valence-electron chi connectivity index (χ1n) is 9.68. The summed E-state index contributed by atoms with van der Waals surface area (Å²) in [5.74, 6) is -4.90. The van der Waals surface area contributed by atoms with Crippen LogP contribution in [0, 0.1) is 11.6 Å². The number of hydrogen-bond acceptors (Lipinski definition) is 5. The molecule has 0 saturated carbocycles. The number of amides is 3. The van der Waals surface area contributed by atoms with Gasteiger partial charge in [-0.15, -0.1) is 0 Å². The molecule has 0 aliphatic carbocycles. The Morgan fingerprint density at radius 3 is 2.68 bits per heavy atom. The van der Waals surface area contributed by atoms with Crippen molar-refractivity contribution < 1.29 is 37.8 Å². The zero-order chi connectivity index (χ0) is 23.1. The SMILES string of the molecule is CO[C@H](C)[C@H](NC(=O)C[C@@H]1CCC(=O)N1Cc1cccc(F)c1F)C(=O)NCC(=O)O. The van der Waals surface area contributed by atoms with Gasteiger partial charge in [-0.2, -0.15) is 0 Å². The molecule has 0 unspecified atom stereocenters. The molecular weight excluding hydrogens is 416 g/mol. The number of carbonyl (C=O) groups excluding carboxylic acids is 3. The second-order valence-corrected chi connectivity index (χ2v) is 7.23. The summed E-state index contributed by atoms with van der Waals surface area (Å²) < 4.78 is 32.6. The first-order valence-corrected chi connectivity index (χ1v) is 9.68. The summed E-state index contributed by atoms with van der Waals surface area (Å²) >= 11 is 0. The van der Waals surface area contributed by atoms with Crippen molar-refractivity contribution in [1.82, 2.24) is 15.5 Å². The summed E-state index contributed by atoms with van der Waals surface area (Å²) in [7, 11) is 1.33. The smallest absolute Gasteiger partial charge is 0.322 e. The summed E-state index contributed by atoms with van der Waals surface area (Å²) in [5.41, 5.74) is -0.000381. The quantitative estimate of drug-likeness (QED) is 0.488. The second kappa shape index (κ2) is 10.8. The lowest BCUT2D eigenvalue weighted by atomic mass is 10.1. The van der Waals surface area contributed by atoms with Crippen molar-refractivity contribution in [2.75, 3.05) is 13.7 Å². The highest BCUT2D eigenvalue weighted by Crippen LogP contribution is 2.25. The summed E-state index contributed by atoms with van der Waals surface area (Å²) in [4.78, 5) is 49.0. The number of ether oxygens (including phenoxy) is 1. The summed E-state index contributed by atoms with van der Waals surface area (Å²) in [6.45, 7) is 0.729. The first-order chi connectivity index (χ1) is 14.6. The molecule has 9 nitrogen and oxygen atoms in total. The van der Waals surface area contributed by atoms with Gasteiger partial charge in [-0.1, -0.05) is 12.1 Å². The van der Waals surface area contributed by atoms with Crippen LogP contribution in [-0.4, -0.2) is 65.5 Å². The predicted octanol–water partition coefficient (Wildman–Crippen LogP) is 0.566. The number of benzene rings is 1. The molecule has 0 radical (unpaired) electrons. The molecule has 1 heterocycles. The molecular formula is C20H25F2N3O6. The maximum atomic E-state index is 14.0. The standard InChI is InChI=1S/C20H25F2N3O6/c1-11(31-2)19(20(30)23-9-17(28)29)24-15(26)8-13-6-7-16(27)25(13)10-12-4-3-5-14(21)18(12)22/h3-5,11,13,19H,6-10H2,1-2H3,(H,23,30)(H,24,26)(H,28,29)/t11-,13+,19+/m1/s1. The third-order valence-corrected chi connectivity index (χ3v) is 5.10. The maximum absolute atomic E-state index is 14.0. The fraction of sp³-hybridized carbons (Fsp3) is 0.500. The topological polar surface area (TPSA) is 125 Å². The average molecular weight is 441 g/mol. The van der Waals surface area contributed by atoms with Gasteiger partial charge in [0.1, 0.15) is 12.6 Å². The number of likely N-dealkylation sites (tertiary alicyclic amines) is 1. The van der Waals surface area contributed by atoms with E-state index >= 15 is 0 Å². The molecule has 1 fully saturated rings. The van der Waals surface area contributed by atoms with Gasteiger partial charge in [0.05, 0.1) is 6.10 Å². The van der Waals surface area contributed by atoms with Crippen LogP contribution in [0.1, 0.15) is 31.7 Å². The zero-order valence-electron chi connectivity index (χ0n) is 17.2. The Bertz CT molecular complexity index is 850. The van der Waals surface area contributed by atoms with E-state index in [0.717, 1.165) is 6.07 Å². The van der Waals surface area contributed by atoms with Crippen molar-refractivity contribution >= 4 is 23.7 Å². The lowest BCUT2D eigenvalue weighted by Crippen LogP contribution is -2.54. The van der Waals surface area contributed by atoms with E-state index in [4.69, 9.17) is 9.84 Å². The molecule has 0 aromatic heterocycles. The van der Waals surface area contributed by atoms with Gasteiger partial charge in [0.25, 0.3) is 0 Å². The monoisotopic (exact) mass is 441 g/mol. The number of carboxylic acid groups (broad SMARTS) is 1. The number of nitrogens with zero attached hydrogens (tertiary/aromatic N) is 1. The fourth-order valence-corrected chi connectivity index (χ4v) is 3.33. The predicted molar refractivity (Wildman–Crippen MR) is 104 cm³/mol. The fourth-order valence-electron chi connectivity index (χ4n) is 3.33. The van der Waals surface area contributed by atoms with Crippen LogP contribution in [-0.2, 0) is 30.5 Å². The Morgan fingerprint density at radius 2 is 2.03 bits per heavy atom. The molecule has 1 aliphatic rings. The van der Waals surface area contributed by atoms with Gasteiger partial charge in [0, 0.05) is 38.1 Å². The Morgan fingerprint density at radius 1 is 1.32 bits per heavy atom. The number of carboxylic acids is 1. The van der Waals surface area contributed by atoms with Crippen molar-refractivity contribution in [3.05, 3.63) is 35.4 Å². The van der Waals surface area contributed by atoms with Crippen LogP contribution < -0.4 is 10.6 Å². The molecule has 0 bridgehead atoms. The van der Waals surface area contributed by atoms with Crippen molar-refractivity contribution in [2.24, 2.45) is 0 Å². The third-order valence-electron chi connectivity index (χ3n) is 5.10. The van der Waals surface area contributed by atoms with Crippen LogP contribution in [0.15, 0.2) is 18.2 Å². The normalized spacial score (nSPS) is 17.9. The van der Waals surface area contributed by atoms with Crippen LogP contribution in [0.5, 0.6) is 0 Å². The van der Waals surface area contributed by atoms with Crippen molar-refractivity contribution in [3.63, 3.8) is 0 Å². The average Bonchev–Trinajstić information content (AvgIpc) is 3.06. The number of halogens is 2. The Labute approximate surface area is 177 Å². The molecule has 170 valence electrons. The van der Waals surface area contributed by atoms with E-state index in [1.807, 2.05) is 0 Å². The Hall–Kier alpha value is -3.08. The Balaban J connectivity index is 2.05. The number of aliphatic carboxylic acids is 1. The van der Waals surface area contributed by atoms with Gasteiger partial charge in [-0.05, 0) is 19.4 Å². The van der Waals surface area contributed by atoms with E-state index in [1.54, 1.807) is 0 Å². The van der Waals surface area contributed by atoms with Gasteiger partial charge in [0.2, 0.25) is 17.7 Å². The van der Waals surface area contributed by atoms with Gasteiger partial charge in [0.15, 0.2) is 11.6 Å². The highest BCUT2D eigenvalue weighted by Gasteiger charge is 2.35. The van der Waals surface area contributed by atoms with Crippen molar-refractivity contribution in [2.45, 2.75) is 50.9 Å².